The summed E-state index contributed by atoms with van der Waals surface area (Å²) in [6.07, 6.45) is 2.10. The van der Waals surface area contributed by atoms with Crippen molar-refractivity contribution in [2.45, 2.75) is 45.8 Å². The lowest BCUT2D eigenvalue weighted by atomic mass is 10.1. The van der Waals surface area contributed by atoms with Gasteiger partial charge in [0.1, 0.15) is 5.75 Å². The maximum absolute atomic E-state index is 6.11. The first-order valence-corrected chi connectivity index (χ1v) is 6.73. The van der Waals surface area contributed by atoms with E-state index in [9.17, 15) is 0 Å². The zero-order chi connectivity index (χ0) is 13.4. The molecule has 0 aliphatic rings. The monoisotopic (exact) mass is 251 g/mol. The van der Waals surface area contributed by atoms with E-state index >= 15 is 0 Å². The molecule has 1 rings (SSSR count). The van der Waals surface area contributed by atoms with Crippen molar-refractivity contribution in [3.8, 4) is 5.75 Å². The highest BCUT2D eigenvalue weighted by atomic mass is 16.5. The Hall–Kier alpha value is -1.06. The summed E-state index contributed by atoms with van der Waals surface area (Å²) in [6.45, 7) is 7.68. The van der Waals surface area contributed by atoms with Gasteiger partial charge in [0.05, 0.1) is 6.10 Å². The maximum Gasteiger partial charge on any atom is 0.119 e. The smallest absolute Gasteiger partial charge is 0.119 e. The van der Waals surface area contributed by atoms with Crippen LogP contribution < -0.4 is 10.5 Å². The second-order valence-electron chi connectivity index (χ2n) is 4.74. The predicted molar refractivity (Wildman–Crippen MR) is 74.9 cm³/mol. The molecule has 0 radical (unpaired) electrons. The molecular weight excluding hydrogens is 226 g/mol. The van der Waals surface area contributed by atoms with Crippen LogP contribution in [0.15, 0.2) is 24.3 Å². The van der Waals surface area contributed by atoms with Gasteiger partial charge in [-0.25, -0.2) is 0 Å². The van der Waals surface area contributed by atoms with Crippen LogP contribution in [-0.4, -0.2) is 19.3 Å². The molecule has 0 aliphatic heterocycles. The van der Waals surface area contributed by atoms with E-state index in [1.807, 2.05) is 38.1 Å². The van der Waals surface area contributed by atoms with E-state index < -0.39 is 0 Å². The van der Waals surface area contributed by atoms with Crippen LogP contribution in [0.1, 0.15) is 45.2 Å². The molecule has 3 nitrogen and oxygen atoms in total. The van der Waals surface area contributed by atoms with Gasteiger partial charge in [-0.05, 0) is 44.4 Å². The topological polar surface area (TPSA) is 44.5 Å². The molecule has 1 aromatic carbocycles. The molecule has 0 aromatic heterocycles. The molecule has 0 fully saturated rings. The molecule has 1 aromatic rings. The number of hydrogen-bond acceptors (Lipinski definition) is 3. The van der Waals surface area contributed by atoms with E-state index in [2.05, 4.69) is 6.92 Å². The van der Waals surface area contributed by atoms with Gasteiger partial charge in [0.15, 0.2) is 0 Å². The Labute approximate surface area is 110 Å². The Morgan fingerprint density at radius 2 is 1.78 bits per heavy atom. The fourth-order valence-electron chi connectivity index (χ4n) is 1.69. The molecule has 0 spiro atoms. The van der Waals surface area contributed by atoms with E-state index in [0.717, 1.165) is 37.4 Å². The van der Waals surface area contributed by atoms with Gasteiger partial charge in [0, 0.05) is 19.3 Å². The third-order valence-electron chi connectivity index (χ3n) is 2.60. The van der Waals surface area contributed by atoms with Gasteiger partial charge in [0.25, 0.3) is 0 Å². The normalized spacial score (nSPS) is 12.7. The molecule has 1 unspecified atom stereocenters. The summed E-state index contributed by atoms with van der Waals surface area (Å²) in [4.78, 5) is 0. The first kappa shape index (κ1) is 15.0. The Morgan fingerprint density at radius 3 is 2.33 bits per heavy atom. The minimum absolute atomic E-state index is 0.0370. The van der Waals surface area contributed by atoms with Crippen LogP contribution in [0.25, 0.3) is 0 Å². The van der Waals surface area contributed by atoms with E-state index in [4.69, 9.17) is 15.2 Å². The molecular formula is C15H25NO2. The van der Waals surface area contributed by atoms with Crippen molar-refractivity contribution < 1.29 is 9.47 Å². The van der Waals surface area contributed by atoms with E-state index in [1.165, 1.54) is 0 Å². The first-order chi connectivity index (χ1) is 8.63. The second kappa shape index (κ2) is 8.11. The number of hydrogen-bond donors (Lipinski definition) is 1. The van der Waals surface area contributed by atoms with E-state index in [1.54, 1.807) is 0 Å². The summed E-state index contributed by atoms with van der Waals surface area (Å²) in [5, 5.41) is 0. The van der Waals surface area contributed by atoms with Crippen molar-refractivity contribution in [3.05, 3.63) is 29.8 Å². The minimum atomic E-state index is 0.0370. The number of benzene rings is 1. The van der Waals surface area contributed by atoms with Crippen LogP contribution in [0, 0.1) is 0 Å². The van der Waals surface area contributed by atoms with Crippen molar-refractivity contribution in [2.24, 2.45) is 5.73 Å². The van der Waals surface area contributed by atoms with Crippen LogP contribution in [0.3, 0.4) is 0 Å². The average Bonchev–Trinajstić information content (AvgIpc) is 2.34. The molecule has 1 atom stereocenters. The fraction of sp³-hybridized carbons (Fsp3) is 0.600. The number of rotatable bonds is 8. The summed E-state index contributed by atoms with van der Waals surface area (Å²) >= 11 is 0. The molecule has 0 saturated carbocycles. The lowest BCUT2D eigenvalue weighted by Gasteiger charge is -2.14. The summed E-state index contributed by atoms with van der Waals surface area (Å²) < 4.78 is 11.0. The fourth-order valence-corrected chi connectivity index (χ4v) is 1.69. The molecule has 18 heavy (non-hydrogen) atoms. The number of nitrogens with two attached hydrogens (primary N) is 1. The molecule has 0 amide bonds. The van der Waals surface area contributed by atoms with Crippen molar-refractivity contribution in [2.75, 3.05) is 13.2 Å². The Balaban J connectivity index is 2.41. The minimum Gasteiger partial charge on any atom is -0.491 e. The lowest BCUT2D eigenvalue weighted by Crippen LogP contribution is -2.13. The summed E-state index contributed by atoms with van der Waals surface area (Å²) in [5.41, 5.74) is 7.24. The average molecular weight is 251 g/mol. The zero-order valence-electron chi connectivity index (χ0n) is 11.7. The third kappa shape index (κ3) is 5.52. The van der Waals surface area contributed by atoms with Gasteiger partial charge >= 0.3 is 0 Å². The Morgan fingerprint density at radius 1 is 1.11 bits per heavy atom. The summed E-state index contributed by atoms with van der Waals surface area (Å²) in [6, 6.07) is 8.05. The van der Waals surface area contributed by atoms with Crippen LogP contribution >= 0.6 is 0 Å². The molecule has 0 saturated heterocycles. The summed E-state index contributed by atoms with van der Waals surface area (Å²) in [5.74, 6) is 0.892. The van der Waals surface area contributed by atoms with Crippen LogP contribution in [0.2, 0.25) is 0 Å². The van der Waals surface area contributed by atoms with Crippen LogP contribution in [-0.2, 0) is 4.74 Å². The van der Waals surface area contributed by atoms with Crippen LogP contribution in [0.5, 0.6) is 5.75 Å². The highest BCUT2D eigenvalue weighted by molar-refractivity contribution is 5.29. The molecule has 3 heteroatoms. The first-order valence-electron chi connectivity index (χ1n) is 6.73. The highest BCUT2D eigenvalue weighted by Gasteiger charge is 2.06. The van der Waals surface area contributed by atoms with Gasteiger partial charge in [0.2, 0.25) is 0 Å². The van der Waals surface area contributed by atoms with Crippen molar-refractivity contribution in [3.63, 3.8) is 0 Å². The SMILES string of the molecule is CCCOCCC(N)c1ccc(OC(C)C)cc1. The highest BCUT2D eigenvalue weighted by Crippen LogP contribution is 2.19. The molecule has 0 aliphatic carbocycles. The molecule has 102 valence electrons. The van der Waals surface area contributed by atoms with Gasteiger partial charge < -0.3 is 15.2 Å². The van der Waals surface area contributed by atoms with Gasteiger partial charge in [-0.15, -0.1) is 0 Å². The van der Waals surface area contributed by atoms with E-state index in [-0.39, 0.29) is 12.1 Å². The molecule has 0 bridgehead atoms. The zero-order valence-corrected chi connectivity index (χ0v) is 11.7. The van der Waals surface area contributed by atoms with Crippen molar-refractivity contribution in [1.82, 2.24) is 0 Å². The van der Waals surface area contributed by atoms with Gasteiger partial charge in [-0.3, -0.25) is 0 Å². The van der Waals surface area contributed by atoms with Crippen LogP contribution in [0.4, 0.5) is 0 Å². The lowest BCUT2D eigenvalue weighted by molar-refractivity contribution is 0.128. The second-order valence-corrected chi connectivity index (χ2v) is 4.74. The molecule has 0 heterocycles. The van der Waals surface area contributed by atoms with Gasteiger partial charge in [-0.2, -0.15) is 0 Å². The largest absolute Gasteiger partial charge is 0.491 e. The number of ether oxygens (including phenoxy) is 2. The third-order valence-corrected chi connectivity index (χ3v) is 2.60. The van der Waals surface area contributed by atoms with Gasteiger partial charge in [-0.1, -0.05) is 19.1 Å². The van der Waals surface area contributed by atoms with Crippen molar-refractivity contribution >= 4 is 0 Å². The predicted octanol–water partition coefficient (Wildman–Crippen LogP) is 3.29. The Bertz CT molecular complexity index is 322. The maximum atomic E-state index is 6.11. The summed E-state index contributed by atoms with van der Waals surface area (Å²) in [7, 11) is 0. The quantitative estimate of drug-likeness (QED) is 0.721. The molecule has 2 N–H and O–H groups in total. The van der Waals surface area contributed by atoms with Crippen molar-refractivity contribution in [1.29, 1.82) is 0 Å². The Kier molecular flexibility index (Phi) is 6.76. The standard InChI is InChI=1S/C15H25NO2/c1-4-10-17-11-9-15(16)13-5-7-14(8-6-13)18-12(2)3/h5-8,12,15H,4,9-11,16H2,1-3H3. The van der Waals surface area contributed by atoms with E-state index in [0.29, 0.717) is 0 Å².